The number of nitrogens with one attached hydrogen (secondary N) is 1. The molecule has 70 valence electrons. The molecule has 1 amide bonds. The minimum Gasteiger partial charge on any atom is -0.353 e. The fourth-order valence-electron chi connectivity index (χ4n) is 0.311. The summed E-state index contributed by atoms with van der Waals surface area (Å²) in [6.45, 7) is 7.70. The third-order valence-electron chi connectivity index (χ3n) is 0.725. The van der Waals surface area contributed by atoms with Crippen molar-refractivity contribution in [1.29, 1.82) is 0 Å². The van der Waals surface area contributed by atoms with E-state index in [1.54, 1.807) is 6.92 Å². The molecule has 0 heterocycles. The van der Waals surface area contributed by atoms with Gasteiger partial charge in [-0.05, 0) is 13.8 Å². The maximum absolute atomic E-state index is 10.5. The van der Waals surface area contributed by atoms with Gasteiger partial charge in [-0.25, -0.2) is 0 Å². The quantitative estimate of drug-likeness (QED) is 0.436. The summed E-state index contributed by atoms with van der Waals surface area (Å²) in [4.78, 5) is 24.8. The van der Waals surface area contributed by atoms with Gasteiger partial charge in [0.1, 0.15) is 0 Å². The van der Waals surface area contributed by atoms with Crippen LogP contribution < -0.4 is 5.32 Å². The van der Waals surface area contributed by atoms with Crippen LogP contribution in [0.15, 0.2) is 12.2 Å². The summed E-state index contributed by atoms with van der Waals surface area (Å²) in [5.41, 5.74) is 0.562. The summed E-state index contributed by atoms with van der Waals surface area (Å²) in [5, 5.41) is 2.61. The molecular formula is C6H13NO4P+. The van der Waals surface area contributed by atoms with E-state index in [4.69, 9.17) is 14.4 Å². The van der Waals surface area contributed by atoms with Crippen LogP contribution in [0.1, 0.15) is 13.8 Å². The van der Waals surface area contributed by atoms with E-state index in [0.717, 1.165) is 0 Å². The molecule has 0 radical (unpaired) electrons. The van der Waals surface area contributed by atoms with E-state index in [1.165, 1.54) is 0 Å². The first-order valence-corrected chi connectivity index (χ1v) is 4.37. The van der Waals surface area contributed by atoms with E-state index in [2.05, 4.69) is 11.9 Å². The molecule has 0 saturated carbocycles. The minimum atomic E-state index is -2.87. The molecule has 3 N–H and O–H groups in total. The van der Waals surface area contributed by atoms with Crippen molar-refractivity contribution in [3.8, 4) is 0 Å². The summed E-state index contributed by atoms with van der Waals surface area (Å²) >= 11 is 0. The average Bonchev–Trinajstić information content (AvgIpc) is 1.86. The van der Waals surface area contributed by atoms with Crippen LogP contribution in [0.2, 0.25) is 0 Å². The first kappa shape index (κ1) is 13.8. The fraction of sp³-hybridized carbons (Fsp3) is 0.500. The summed E-state index contributed by atoms with van der Waals surface area (Å²) in [6.07, 6.45) is 0. The van der Waals surface area contributed by atoms with E-state index in [0.29, 0.717) is 12.1 Å². The molecule has 0 bridgehead atoms. The Morgan fingerprint density at radius 3 is 2.00 bits per heavy atom. The van der Waals surface area contributed by atoms with Crippen LogP contribution >= 0.6 is 8.25 Å². The molecular weight excluding hydrogens is 181 g/mol. The fourth-order valence-corrected chi connectivity index (χ4v) is 0.311. The first-order valence-electron chi connectivity index (χ1n) is 3.20. The lowest BCUT2D eigenvalue weighted by Crippen LogP contribution is -2.22. The maximum atomic E-state index is 10.5. The molecule has 6 heteroatoms. The topological polar surface area (TPSA) is 86.6 Å². The zero-order chi connectivity index (χ0) is 10.1. The number of hydrogen-bond acceptors (Lipinski definition) is 2. The van der Waals surface area contributed by atoms with E-state index in [9.17, 15) is 4.79 Å². The molecule has 0 saturated heterocycles. The predicted molar refractivity (Wildman–Crippen MR) is 45.5 cm³/mol. The number of hydrogen-bond donors (Lipinski definition) is 3. The van der Waals surface area contributed by atoms with Gasteiger partial charge in [0.2, 0.25) is 5.91 Å². The van der Waals surface area contributed by atoms with Crippen LogP contribution in [0.3, 0.4) is 0 Å². The Kier molecular flexibility index (Phi) is 9.57. The van der Waals surface area contributed by atoms with Gasteiger partial charge in [0, 0.05) is 16.7 Å². The van der Waals surface area contributed by atoms with Gasteiger partial charge in [-0.15, -0.1) is 9.79 Å². The molecule has 0 aromatic heterocycles. The Bertz CT molecular complexity index is 176. The van der Waals surface area contributed by atoms with Crippen LogP contribution in [0.25, 0.3) is 0 Å². The monoisotopic (exact) mass is 194 g/mol. The predicted octanol–water partition coefficient (Wildman–Crippen LogP) is 0.327. The van der Waals surface area contributed by atoms with Gasteiger partial charge in [0.25, 0.3) is 0 Å². The maximum Gasteiger partial charge on any atom is 0.692 e. The largest absolute Gasteiger partial charge is 0.692 e. The Hall–Kier alpha value is -0.770. The molecule has 0 fully saturated rings. The lowest BCUT2D eigenvalue weighted by molar-refractivity contribution is -0.117. The van der Waals surface area contributed by atoms with Gasteiger partial charge in [-0.2, -0.15) is 0 Å². The minimum absolute atomic E-state index is 0.0625. The normalized spacial score (nSPS) is 7.67. The van der Waals surface area contributed by atoms with Gasteiger partial charge in [-0.1, -0.05) is 6.58 Å². The standard InChI is InChI=1S/C6H11NO.HO3P/c1-4-7-6(8)5(2)3;1-4(2)3/h2,4H2,1,3H3,(H,7,8);(H-,1,2,3)/p+1. The lowest BCUT2D eigenvalue weighted by Gasteiger charge is -1.97. The van der Waals surface area contributed by atoms with Gasteiger partial charge in [-0.3, -0.25) is 4.79 Å². The van der Waals surface area contributed by atoms with Crippen molar-refractivity contribution in [2.75, 3.05) is 6.54 Å². The zero-order valence-corrected chi connectivity index (χ0v) is 7.97. The highest BCUT2D eigenvalue weighted by atomic mass is 31.1. The van der Waals surface area contributed by atoms with Crippen molar-refractivity contribution in [2.45, 2.75) is 13.8 Å². The number of amides is 1. The Morgan fingerprint density at radius 1 is 1.58 bits per heavy atom. The van der Waals surface area contributed by atoms with E-state index in [1.807, 2.05) is 6.92 Å². The van der Waals surface area contributed by atoms with Crippen molar-refractivity contribution in [3.05, 3.63) is 12.2 Å². The smallest absolute Gasteiger partial charge is 0.353 e. The van der Waals surface area contributed by atoms with Crippen molar-refractivity contribution < 1.29 is 19.1 Å². The second kappa shape index (κ2) is 8.33. The number of carbonyl (C=O) groups is 1. The van der Waals surface area contributed by atoms with Crippen molar-refractivity contribution >= 4 is 14.2 Å². The molecule has 0 unspecified atom stereocenters. The van der Waals surface area contributed by atoms with Crippen molar-refractivity contribution in [3.63, 3.8) is 0 Å². The molecule has 0 aromatic rings. The summed E-state index contributed by atoms with van der Waals surface area (Å²) in [6, 6.07) is 0. The van der Waals surface area contributed by atoms with Crippen LogP contribution in [-0.2, 0) is 9.36 Å². The highest BCUT2D eigenvalue weighted by Gasteiger charge is 1.95. The third-order valence-corrected chi connectivity index (χ3v) is 0.725. The Balaban J connectivity index is 0. The summed E-state index contributed by atoms with van der Waals surface area (Å²) in [5.74, 6) is -0.0625. The lowest BCUT2D eigenvalue weighted by atomic mass is 10.3. The molecule has 0 aliphatic rings. The average molecular weight is 194 g/mol. The van der Waals surface area contributed by atoms with Crippen LogP contribution in [0.5, 0.6) is 0 Å². The van der Waals surface area contributed by atoms with Crippen LogP contribution in [-0.4, -0.2) is 22.2 Å². The third kappa shape index (κ3) is 16.1. The number of likely N-dealkylation sites (N-methyl/N-ethyl adjacent to an activating group) is 1. The SMILES string of the molecule is C=C(C)C(=O)NCC.O=[P+](O)O. The van der Waals surface area contributed by atoms with Gasteiger partial charge >= 0.3 is 8.25 Å². The molecule has 0 aliphatic heterocycles. The molecule has 0 spiro atoms. The molecule has 5 nitrogen and oxygen atoms in total. The molecule has 0 aromatic carbocycles. The van der Waals surface area contributed by atoms with Crippen molar-refractivity contribution in [2.24, 2.45) is 0 Å². The van der Waals surface area contributed by atoms with E-state index >= 15 is 0 Å². The van der Waals surface area contributed by atoms with Gasteiger partial charge in [0.05, 0.1) is 0 Å². The molecule has 0 atom stereocenters. The molecule has 0 aliphatic carbocycles. The zero-order valence-electron chi connectivity index (χ0n) is 7.07. The summed E-state index contributed by atoms with van der Waals surface area (Å²) < 4.78 is 8.70. The van der Waals surface area contributed by atoms with Gasteiger partial charge in [0.15, 0.2) is 0 Å². The van der Waals surface area contributed by atoms with Gasteiger partial charge < -0.3 is 5.32 Å². The summed E-state index contributed by atoms with van der Waals surface area (Å²) in [7, 11) is -2.87. The van der Waals surface area contributed by atoms with Crippen LogP contribution in [0, 0.1) is 0 Å². The second-order valence-corrected chi connectivity index (χ2v) is 2.40. The van der Waals surface area contributed by atoms with Crippen molar-refractivity contribution in [1.82, 2.24) is 5.32 Å². The Labute approximate surface area is 72.1 Å². The first-order chi connectivity index (χ1) is 5.41. The highest BCUT2D eigenvalue weighted by molar-refractivity contribution is 7.30. The number of rotatable bonds is 2. The number of carbonyl (C=O) groups excluding carboxylic acids is 1. The molecule has 0 rings (SSSR count). The highest BCUT2D eigenvalue weighted by Crippen LogP contribution is 1.98. The molecule has 12 heavy (non-hydrogen) atoms. The van der Waals surface area contributed by atoms with E-state index in [-0.39, 0.29) is 5.91 Å². The van der Waals surface area contributed by atoms with Crippen LogP contribution in [0.4, 0.5) is 0 Å². The second-order valence-electron chi connectivity index (χ2n) is 1.89. The Morgan fingerprint density at radius 2 is 1.92 bits per heavy atom. The van der Waals surface area contributed by atoms with E-state index < -0.39 is 8.25 Å².